The van der Waals surface area contributed by atoms with Crippen LogP contribution in [0, 0.1) is 18.8 Å². The molecule has 1 unspecified atom stereocenters. The molecule has 6 rings (SSSR count). The fraction of sp³-hybridized carbons (Fsp3) is 0.409. The first-order chi connectivity index (χ1) is 26.9. The third-order valence-electron chi connectivity index (χ3n) is 11.6. The number of carbonyl (C=O) groups is 4. The second-order valence-corrected chi connectivity index (χ2v) is 16.5. The predicted octanol–water partition coefficient (Wildman–Crippen LogP) is 6.62. The zero-order valence-electron chi connectivity index (χ0n) is 31.9. The van der Waals surface area contributed by atoms with Gasteiger partial charge in [0.2, 0.25) is 11.8 Å². The van der Waals surface area contributed by atoms with Crippen molar-refractivity contribution in [3.05, 3.63) is 126 Å². The van der Waals surface area contributed by atoms with Crippen LogP contribution in [0.4, 0.5) is 5.69 Å². The highest BCUT2D eigenvalue weighted by molar-refractivity contribution is 9.09. The minimum Gasteiger partial charge on any atom is -0.455 e. The number of rotatable bonds is 16. The number of carbonyl (C=O) groups excluding carboxylic acids is 4. The molecule has 3 aromatic rings. The summed E-state index contributed by atoms with van der Waals surface area (Å²) in [6, 6.07) is 21.3. The molecule has 3 fully saturated rings. The molecule has 3 heterocycles. The summed E-state index contributed by atoms with van der Waals surface area (Å²) in [5.41, 5.74) is 1.29. The van der Waals surface area contributed by atoms with Crippen LogP contribution in [-0.4, -0.2) is 93.5 Å². The second-order valence-electron chi connectivity index (χ2n) is 14.9. The van der Waals surface area contributed by atoms with Crippen LogP contribution >= 0.6 is 27.5 Å². The summed E-state index contributed by atoms with van der Waals surface area (Å²) in [5, 5.41) is 11.3. The minimum atomic E-state index is -1.46. The van der Waals surface area contributed by atoms with Gasteiger partial charge in [0.1, 0.15) is 17.7 Å². The van der Waals surface area contributed by atoms with Gasteiger partial charge >= 0.3 is 5.97 Å². The SMILES string of the molecule is C=CCCC(=O)N(C)[C@@H](C)[C@@H](OC(=O)[C@H]1[C@@H]2O[C@@]3(CC2Br)[C@@H]1C(=O)N([C@@H](CO)Cc1ccccc1)[C@@H]3C(=O)N(CC=C)c1c(C)cccc1Cl)c1ccccc1. The topological polar surface area (TPSA) is 117 Å². The molecule has 3 aliphatic rings. The zero-order valence-corrected chi connectivity index (χ0v) is 34.3. The number of aliphatic hydroxyl groups is 1. The Hall–Kier alpha value is -4.29. The number of esters is 1. The largest absolute Gasteiger partial charge is 0.455 e. The summed E-state index contributed by atoms with van der Waals surface area (Å²) in [5.74, 6) is -3.96. The van der Waals surface area contributed by atoms with E-state index in [0.717, 1.165) is 11.1 Å². The molecule has 3 aromatic carbocycles. The standard InChI is InChI=1S/C44H49BrClN3O7/c1-6-8-22-34(51)47(5)28(4)38(30-19-13-10-14-20-30)55-43(54)35-36-41(52)49(31(26-50)24-29-17-11-9-12-18-29)40(44(36)25-32(45)39(35)56-44)42(53)48(23-7-2)37-27(3)16-15-21-33(37)46/h6-7,9-21,28,31-32,35-36,38-40,50H,1-2,8,22-26H2,3-5H3/t28-,31+,32?,35+,36-,38+,39+,40+,44-/m0/s1. The zero-order chi connectivity index (χ0) is 40.3. The van der Waals surface area contributed by atoms with Crippen molar-refractivity contribution in [2.75, 3.05) is 25.1 Å². The Bertz CT molecular complexity index is 1930. The van der Waals surface area contributed by atoms with Crippen molar-refractivity contribution < 1.29 is 33.8 Å². The number of nitrogens with zero attached hydrogens (tertiary/aromatic N) is 3. The van der Waals surface area contributed by atoms with E-state index in [0.29, 0.717) is 22.7 Å². The normalized spacial score (nSPS) is 25.2. The summed E-state index contributed by atoms with van der Waals surface area (Å²) in [6.45, 7) is 10.9. The molecule has 3 aliphatic heterocycles. The third-order valence-corrected chi connectivity index (χ3v) is 12.7. The fourth-order valence-electron chi connectivity index (χ4n) is 8.80. The molecule has 0 aliphatic carbocycles. The number of aryl methyl sites for hydroxylation is 1. The van der Waals surface area contributed by atoms with Gasteiger partial charge in [0.15, 0.2) is 0 Å². The third kappa shape index (κ3) is 7.58. The number of fused-ring (bicyclic) bond motifs is 1. The van der Waals surface area contributed by atoms with E-state index < -0.39 is 77.0 Å². The van der Waals surface area contributed by atoms with Crippen molar-refractivity contribution in [3.8, 4) is 0 Å². The van der Waals surface area contributed by atoms with Crippen LogP contribution in [0.1, 0.15) is 49.0 Å². The highest BCUT2D eigenvalue weighted by Crippen LogP contribution is 2.61. The van der Waals surface area contributed by atoms with E-state index in [4.69, 9.17) is 21.1 Å². The van der Waals surface area contributed by atoms with Crippen molar-refractivity contribution in [3.63, 3.8) is 0 Å². The minimum absolute atomic E-state index is 0.0769. The summed E-state index contributed by atoms with van der Waals surface area (Å²) in [4.78, 5) is 62.6. The van der Waals surface area contributed by atoms with E-state index in [1.807, 2.05) is 80.6 Å². The molecule has 0 radical (unpaired) electrons. The van der Waals surface area contributed by atoms with Gasteiger partial charge in [-0.15, -0.1) is 13.2 Å². The van der Waals surface area contributed by atoms with Gasteiger partial charge in [-0.25, -0.2) is 0 Å². The Morgan fingerprint density at radius 3 is 2.38 bits per heavy atom. The number of likely N-dealkylation sites (tertiary alicyclic amines) is 1. The fourth-order valence-corrected chi connectivity index (χ4v) is 10.1. The average Bonchev–Trinajstić information content (AvgIpc) is 3.80. The Labute approximate surface area is 342 Å². The van der Waals surface area contributed by atoms with Gasteiger partial charge in [-0.05, 0) is 55.9 Å². The molecule has 3 saturated heterocycles. The monoisotopic (exact) mass is 845 g/mol. The van der Waals surface area contributed by atoms with Crippen LogP contribution in [0.5, 0.6) is 0 Å². The smallest absolute Gasteiger partial charge is 0.313 e. The lowest BCUT2D eigenvalue weighted by Crippen LogP contribution is -2.59. The number of benzene rings is 3. The van der Waals surface area contributed by atoms with E-state index in [-0.39, 0.29) is 31.7 Å². The molecule has 0 saturated carbocycles. The van der Waals surface area contributed by atoms with Gasteiger partial charge in [-0.3, -0.25) is 19.2 Å². The molecule has 9 atom stereocenters. The molecule has 0 aromatic heterocycles. The van der Waals surface area contributed by atoms with Crippen molar-refractivity contribution in [2.45, 2.75) is 80.3 Å². The lowest BCUT2D eigenvalue weighted by molar-refractivity contribution is -0.165. The van der Waals surface area contributed by atoms with Gasteiger partial charge in [-0.1, -0.05) is 112 Å². The molecule has 2 bridgehead atoms. The van der Waals surface area contributed by atoms with Gasteiger partial charge in [0.25, 0.3) is 5.91 Å². The molecule has 12 heteroatoms. The van der Waals surface area contributed by atoms with Crippen molar-refractivity contribution in [1.82, 2.24) is 9.80 Å². The number of amides is 3. The maximum absolute atomic E-state index is 15.3. The number of para-hydroxylation sites is 1. The van der Waals surface area contributed by atoms with Crippen LogP contribution in [0.25, 0.3) is 0 Å². The molecular formula is C44H49BrClN3O7. The number of ether oxygens (including phenoxy) is 2. The number of allylic oxidation sites excluding steroid dienone is 1. The molecule has 56 heavy (non-hydrogen) atoms. The van der Waals surface area contributed by atoms with Crippen LogP contribution in [0.3, 0.4) is 0 Å². The molecular weight excluding hydrogens is 798 g/mol. The lowest BCUT2D eigenvalue weighted by atomic mass is 9.70. The Kier molecular flexibility index (Phi) is 12.9. The average molecular weight is 847 g/mol. The van der Waals surface area contributed by atoms with E-state index in [1.165, 1.54) is 9.80 Å². The number of anilines is 1. The van der Waals surface area contributed by atoms with E-state index in [9.17, 15) is 14.7 Å². The van der Waals surface area contributed by atoms with Crippen molar-refractivity contribution >= 4 is 56.9 Å². The quantitative estimate of drug-likeness (QED) is 0.0980. The number of likely N-dealkylation sites (N-methyl/N-ethyl adjacent to an activating group) is 1. The molecule has 1 N–H and O–H groups in total. The van der Waals surface area contributed by atoms with E-state index in [1.54, 1.807) is 36.2 Å². The first-order valence-corrected chi connectivity index (χ1v) is 20.3. The molecule has 1 spiro atoms. The predicted molar refractivity (Wildman–Crippen MR) is 219 cm³/mol. The van der Waals surface area contributed by atoms with Gasteiger partial charge in [0, 0.05) is 24.8 Å². The van der Waals surface area contributed by atoms with Gasteiger partial charge in [-0.2, -0.15) is 0 Å². The van der Waals surface area contributed by atoms with Crippen LogP contribution in [-0.2, 0) is 35.1 Å². The number of aliphatic hydroxyl groups excluding tert-OH is 1. The number of hydrogen-bond acceptors (Lipinski definition) is 7. The molecule has 10 nitrogen and oxygen atoms in total. The van der Waals surface area contributed by atoms with E-state index in [2.05, 4.69) is 29.1 Å². The number of alkyl halides is 1. The Balaban J connectivity index is 1.43. The molecule has 3 amide bonds. The summed E-state index contributed by atoms with van der Waals surface area (Å²) in [7, 11) is 1.68. The summed E-state index contributed by atoms with van der Waals surface area (Å²) >= 11 is 10.5. The van der Waals surface area contributed by atoms with Crippen LogP contribution in [0.2, 0.25) is 5.02 Å². The Morgan fingerprint density at radius 2 is 1.75 bits per heavy atom. The second kappa shape index (κ2) is 17.5. The summed E-state index contributed by atoms with van der Waals surface area (Å²) < 4.78 is 13.3. The van der Waals surface area contributed by atoms with E-state index >= 15 is 9.59 Å². The first-order valence-electron chi connectivity index (χ1n) is 19.0. The van der Waals surface area contributed by atoms with Crippen molar-refractivity contribution in [1.29, 1.82) is 0 Å². The van der Waals surface area contributed by atoms with Crippen LogP contribution in [0.15, 0.2) is 104 Å². The van der Waals surface area contributed by atoms with Gasteiger partial charge < -0.3 is 29.3 Å². The first kappa shape index (κ1) is 41.3. The highest BCUT2D eigenvalue weighted by Gasteiger charge is 2.77. The lowest BCUT2D eigenvalue weighted by Gasteiger charge is -2.40. The maximum atomic E-state index is 15.3. The summed E-state index contributed by atoms with van der Waals surface area (Å²) in [6.07, 6.45) is 2.83. The number of hydrogen-bond donors (Lipinski definition) is 1. The maximum Gasteiger partial charge on any atom is 0.313 e. The molecule has 296 valence electrons. The number of halogens is 2. The van der Waals surface area contributed by atoms with Gasteiger partial charge in [0.05, 0.1) is 47.3 Å². The highest BCUT2D eigenvalue weighted by atomic mass is 79.9. The Morgan fingerprint density at radius 1 is 1.07 bits per heavy atom. The van der Waals surface area contributed by atoms with Crippen LogP contribution < -0.4 is 4.90 Å². The van der Waals surface area contributed by atoms with Crippen molar-refractivity contribution in [2.24, 2.45) is 11.8 Å².